The number of hydrogen-bond acceptors (Lipinski definition) is 7. The fraction of sp³-hybridized carbons (Fsp3) is 0.500. The van der Waals surface area contributed by atoms with Crippen molar-refractivity contribution in [1.29, 1.82) is 0 Å². The number of hydrogen-bond donors (Lipinski definition) is 3. The summed E-state index contributed by atoms with van der Waals surface area (Å²) in [5, 5.41) is 21.2. The van der Waals surface area contributed by atoms with Gasteiger partial charge in [-0.3, -0.25) is 14.6 Å². The lowest BCUT2D eigenvalue weighted by molar-refractivity contribution is 0.112. The smallest absolute Gasteiger partial charge is 0.156 e. The molecule has 1 aliphatic rings. The van der Waals surface area contributed by atoms with Gasteiger partial charge in [-0.1, -0.05) is 0 Å². The van der Waals surface area contributed by atoms with Crippen molar-refractivity contribution in [3.8, 4) is 0 Å². The van der Waals surface area contributed by atoms with Crippen LogP contribution in [0.25, 0.3) is 5.57 Å². The van der Waals surface area contributed by atoms with Gasteiger partial charge in [-0.2, -0.15) is 10.2 Å². The summed E-state index contributed by atoms with van der Waals surface area (Å²) in [6, 6.07) is 2.09. The Morgan fingerprint density at radius 1 is 1.56 bits per heavy atom. The summed E-state index contributed by atoms with van der Waals surface area (Å²) in [4.78, 5) is 15.7. The lowest BCUT2D eigenvalue weighted by Crippen LogP contribution is -2.33. The molecule has 1 atom stereocenters. The second-order valence-electron chi connectivity index (χ2n) is 6.81. The fourth-order valence-electron chi connectivity index (χ4n) is 3.44. The molecule has 0 saturated carbocycles. The molecule has 9 heteroatoms. The first kappa shape index (κ1) is 19.0. The Hall–Kier alpha value is -2.81. The van der Waals surface area contributed by atoms with Gasteiger partial charge in [0.25, 0.3) is 0 Å². The molecule has 0 bridgehead atoms. The molecule has 1 aliphatic heterocycles. The Morgan fingerprint density at radius 2 is 2.33 bits per heavy atom. The second kappa shape index (κ2) is 7.83. The standard InChI is InChI=1S/C18H27N7O2/c1-4-23(2)9-13(17-14(11-27)18(19)21-20-17)15-8-16(24(3)22-15)25-7-5-6-12(25)10-26/h8-9,11-12,26H,4-7,10H2,1-3H3,(H3,19,20,21)/b13-9-. The zero-order valence-corrected chi connectivity index (χ0v) is 16.0. The van der Waals surface area contributed by atoms with E-state index < -0.39 is 0 Å². The van der Waals surface area contributed by atoms with Gasteiger partial charge in [0.15, 0.2) is 12.1 Å². The van der Waals surface area contributed by atoms with Crippen LogP contribution >= 0.6 is 0 Å². The largest absolute Gasteiger partial charge is 0.394 e. The number of carbonyl (C=O) groups excluding carboxylic acids is 1. The Bertz CT molecular complexity index is 839. The molecule has 27 heavy (non-hydrogen) atoms. The highest BCUT2D eigenvalue weighted by Gasteiger charge is 2.28. The molecule has 4 N–H and O–H groups in total. The van der Waals surface area contributed by atoms with Gasteiger partial charge in [-0.25, -0.2) is 0 Å². The molecule has 3 heterocycles. The number of nitrogens with two attached hydrogens (primary N) is 1. The first-order valence-electron chi connectivity index (χ1n) is 9.13. The Kier molecular flexibility index (Phi) is 5.50. The Balaban J connectivity index is 2.07. The average Bonchev–Trinajstić information content (AvgIpc) is 3.37. The summed E-state index contributed by atoms with van der Waals surface area (Å²) in [6.07, 6.45) is 4.64. The van der Waals surface area contributed by atoms with E-state index in [2.05, 4.69) is 20.2 Å². The topological polar surface area (TPSA) is 116 Å². The molecular formula is C18H27N7O2. The predicted molar refractivity (Wildman–Crippen MR) is 104 cm³/mol. The molecule has 0 amide bonds. The minimum absolute atomic E-state index is 0.104. The number of aldehydes is 1. The van der Waals surface area contributed by atoms with Crippen molar-refractivity contribution < 1.29 is 9.90 Å². The number of nitrogens with zero attached hydrogens (tertiary/aromatic N) is 5. The maximum Gasteiger partial charge on any atom is 0.156 e. The van der Waals surface area contributed by atoms with Crippen molar-refractivity contribution in [3.05, 3.63) is 29.2 Å². The van der Waals surface area contributed by atoms with Gasteiger partial charge in [0.1, 0.15) is 5.82 Å². The molecule has 9 nitrogen and oxygen atoms in total. The Morgan fingerprint density at radius 3 is 3.00 bits per heavy atom. The fourth-order valence-corrected chi connectivity index (χ4v) is 3.44. The van der Waals surface area contributed by atoms with Crippen LogP contribution in [0, 0.1) is 0 Å². The lowest BCUT2D eigenvalue weighted by Gasteiger charge is -2.24. The van der Waals surface area contributed by atoms with E-state index in [1.54, 1.807) is 0 Å². The van der Waals surface area contributed by atoms with Gasteiger partial charge < -0.3 is 20.6 Å². The highest BCUT2D eigenvalue weighted by Crippen LogP contribution is 2.31. The summed E-state index contributed by atoms with van der Waals surface area (Å²) >= 11 is 0. The van der Waals surface area contributed by atoms with Crippen molar-refractivity contribution >= 4 is 23.5 Å². The summed E-state index contributed by atoms with van der Waals surface area (Å²) < 4.78 is 1.81. The number of anilines is 2. The van der Waals surface area contributed by atoms with Gasteiger partial charge in [0.05, 0.1) is 29.6 Å². The molecule has 146 valence electrons. The van der Waals surface area contributed by atoms with E-state index in [1.807, 2.05) is 42.9 Å². The summed E-state index contributed by atoms with van der Waals surface area (Å²) in [7, 11) is 3.83. The van der Waals surface area contributed by atoms with Crippen LogP contribution in [0.2, 0.25) is 0 Å². The number of aromatic nitrogens is 4. The molecule has 1 fully saturated rings. The van der Waals surface area contributed by atoms with Crippen molar-refractivity contribution in [3.63, 3.8) is 0 Å². The highest BCUT2D eigenvalue weighted by molar-refractivity contribution is 5.92. The predicted octanol–water partition coefficient (Wildman–Crippen LogP) is 0.840. The van der Waals surface area contributed by atoms with Crippen LogP contribution in [0.3, 0.4) is 0 Å². The number of aliphatic hydroxyl groups excluding tert-OH is 1. The van der Waals surface area contributed by atoms with Gasteiger partial charge >= 0.3 is 0 Å². The van der Waals surface area contributed by atoms with Crippen LogP contribution < -0.4 is 10.6 Å². The highest BCUT2D eigenvalue weighted by atomic mass is 16.3. The van der Waals surface area contributed by atoms with Crippen molar-refractivity contribution in [2.75, 3.05) is 37.4 Å². The van der Waals surface area contributed by atoms with E-state index in [4.69, 9.17) is 5.73 Å². The number of aryl methyl sites for hydroxylation is 1. The SMILES string of the molecule is CCN(C)/C=C(/c1cc(N2CCCC2CO)n(C)n1)c1[nH]nc(N)c1C=O. The number of carbonyl (C=O) groups is 1. The first-order valence-corrected chi connectivity index (χ1v) is 9.13. The van der Waals surface area contributed by atoms with E-state index in [0.29, 0.717) is 23.2 Å². The summed E-state index contributed by atoms with van der Waals surface area (Å²) in [6.45, 7) is 3.83. The lowest BCUT2D eigenvalue weighted by atomic mass is 10.1. The van der Waals surface area contributed by atoms with Gasteiger partial charge in [0.2, 0.25) is 0 Å². The monoisotopic (exact) mass is 373 g/mol. The van der Waals surface area contributed by atoms with Crippen molar-refractivity contribution in [2.24, 2.45) is 7.05 Å². The quantitative estimate of drug-likeness (QED) is 0.616. The van der Waals surface area contributed by atoms with E-state index >= 15 is 0 Å². The number of nitrogen functional groups attached to an aromatic ring is 1. The summed E-state index contributed by atoms with van der Waals surface area (Å²) in [5.41, 5.74) is 8.15. The van der Waals surface area contributed by atoms with E-state index in [0.717, 1.165) is 37.3 Å². The molecular weight excluding hydrogens is 346 g/mol. The van der Waals surface area contributed by atoms with Crippen LogP contribution in [0.4, 0.5) is 11.6 Å². The molecule has 0 spiro atoms. The molecule has 2 aromatic heterocycles. The van der Waals surface area contributed by atoms with Crippen LogP contribution in [0.5, 0.6) is 0 Å². The van der Waals surface area contributed by atoms with Crippen molar-refractivity contribution in [1.82, 2.24) is 24.9 Å². The zero-order chi connectivity index (χ0) is 19.6. The van der Waals surface area contributed by atoms with Crippen LogP contribution in [0.15, 0.2) is 12.3 Å². The second-order valence-corrected chi connectivity index (χ2v) is 6.81. The van der Waals surface area contributed by atoms with Gasteiger partial charge in [-0.05, 0) is 19.8 Å². The van der Waals surface area contributed by atoms with E-state index in [1.165, 1.54) is 0 Å². The normalized spacial score (nSPS) is 17.6. The zero-order valence-electron chi connectivity index (χ0n) is 16.0. The number of H-pyrrole nitrogens is 1. The molecule has 0 aliphatic carbocycles. The minimum atomic E-state index is 0.104. The van der Waals surface area contributed by atoms with Gasteiger partial charge in [0, 0.05) is 45.0 Å². The van der Waals surface area contributed by atoms with Crippen LogP contribution in [-0.2, 0) is 7.05 Å². The molecule has 3 rings (SSSR count). The minimum Gasteiger partial charge on any atom is -0.394 e. The summed E-state index contributed by atoms with van der Waals surface area (Å²) in [5.74, 6) is 1.10. The molecule has 0 radical (unpaired) electrons. The van der Waals surface area contributed by atoms with Gasteiger partial charge in [-0.15, -0.1) is 0 Å². The number of aromatic amines is 1. The van der Waals surface area contributed by atoms with Crippen molar-refractivity contribution in [2.45, 2.75) is 25.8 Å². The maximum absolute atomic E-state index is 11.5. The third-order valence-corrected chi connectivity index (χ3v) is 5.08. The average molecular weight is 373 g/mol. The first-order chi connectivity index (χ1) is 13.0. The Labute approximate surface area is 158 Å². The third-order valence-electron chi connectivity index (χ3n) is 5.08. The molecule has 1 unspecified atom stereocenters. The molecule has 1 saturated heterocycles. The van der Waals surface area contributed by atoms with E-state index in [9.17, 15) is 9.90 Å². The number of rotatable bonds is 7. The number of nitrogens with one attached hydrogen (secondary N) is 1. The third kappa shape index (κ3) is 3.55. The molecule has 2 aromatic rings. The van der Waals surface area contributed by atoms with Crippen LogP contribution in [-0.4, -0.2) is 69.1 Å². The number of aliphatic hydroxyl groups is 1. The van der Waals surface area contributed by atoms with Crippen LogP contribution in [0.1, 0.15) is 41.5 Å². The maximum atomic E-state index is 11.5. The van der Waals surface area contributed by atoms with E-state index in [-0.39, 0.29) is 18.5 Å². The molecule has 0 aromatic carbocycles.